The fourth-order valence-corrected chi connectivity index (χ4v) is 1.63. The molecule has 0 spiro atoms. The molecule has 0 aromatic rings. The van der Waals surface area contributed by atoms with Crippen LogP contribution in [0, 0.1) is 5.92 Å². The molecule has 0 amide bonds. The van der Waals surface area contributed by atoms with E-state index in [0.29, 0.717) is 5.92 Å². The Kier molecular flexibility index (Phi) is 7.17. The number of aliphatic hydroxyl groups excluding tert-OH is 1. The molecule has 12 heavy (non-hydrogen) atoms. The van der Waals surface area contributed by atoms with Crippen LogP contribution in [-0.2, 0) is 0 Å². The number of rotatable bonds is 7. The molecule has 0 fully saturated rings. The highest BCUT2D eigenvalue weighted by molar-refractivity contribution is 4.80. The Morgan fingerprint density at radius 3 is 2.08 bits per heavy atom. The van der Waals surface area contributed by atoms with E-state index < -0.39 is 0 Å². The molecular formula is C11H22O. The van der Waals surface area contributed by atoms with Crippen LogP contribution >= 0.6 is 0 Å². The number of hydrogen-bond donors (Lipinski definition) is 1. The number of hydrogen-bond acceptors (Lipinski definition) is 1. The summed E-state index contributed by atoms with van der Waals surface area (Å²) in [6, 6.07) is 0. The molecule has 1 heteroatoms. The number of aliphatic hydroxyl groups is 1. The minimum Gasteiger partial charge on any atom is -0.389 e. The van der Waals surface area contributed by atoms with E-state index in [9.17, 15) is 5.11 Å². The second-order valence-corrected chi connectivity index (χ2v) is 3.48. The zero-order chi connectivity index (χ0) is 9.40. The maximum absolute atomic E-state index is 9.36. The van der Waals surface area contributed by atoms with Gasteiger partial charge in [0.05, 0.1) is 6.10 Å². The van der Waals surface area contributed by atoms with Crippen LogP contribution in [0.2, 0.25) is 0 Å². The molecule has 0 saturated heterocycles. The maximum Gasteiger partial charge on any atom is 0.0720 e. The molecule has 1 N–H and O–H groups in total. The Morgan fingerprint density at radius 2 is 1.75 bits per heavy atom. The SMILES string of the molecule is C=CC(O)CC(CCC)CCC. The Balaban J connectivity index is 3.68. The van der Waals surface area contributed by atoms with Gasteiger partial charge in [-0.25, -0.2) is 0 Å². The van der Waals surface area contributed by atoms with Crippen LogP contribution in [0.4, 0.5) is 0 Å². The fraction of sp³-hybridized carbons (Fsp3) is 0.818. The van der Waals surface area contributed by atoms with E-state index in [0.717, 1.165) is 6.42 Å². The summed E-state index contributed by atoms with van der Waals surface area (Å²) in [5, 5.41) is 9.36. The standard InChI is InChI=1S/C11H22O/c1-4-7-10(8-5-2)9-11(12)6-3/h6,10-12H,3-5,7-9H2,1-2H3. The van der Waals surface area contributed by atoms with Crippen molar-refractivity contribution in [3.63, 3.8) is 0 Å². The van der Waals surface area contributed by atoms with Crippen molar-refractivity contribution in [3.8, 4) is 0 Å². The molecule has 0 rings (SSSR count). The Bertz CT molecular complexity index is 104. The molecular weight excluding hydrogens is 148 g/mol. The molecule has 0 saturated carbocycles. The summed E-state index contributed by atoms with van der Waals surface area (Å²) in [6.45, 7) is 7.98. The highest BCUT2D eigenvalue weighted by atomic mass is 16.3. The summed E-state index contributed by atoms with van der Waals surface area (Å²) in [6.07, 6.45) is 7.14. The highest BCUT2D eigenvalue weighted by Gasteiger charge is 2.10. The Morgan fingerprint density at radius 1 is 1.25 bits per heavy atom. The molecule has 0 aliphatic rings. The lowest BCUT2D eigenvalue weighted by molar-refractivity contribution is 0.179. The lowest BCUT2D eigenvalue weighted by Gasteiger charge is -2.16. The normalized spacial score (nSPS) is 13.3. The van der Waals surface area contributed by atoms with Gasteiger partial charge in [0.15, 0.2) is 0 Å². The summed E-state index contributed by atoms with van der Waals surface area (Å²) in [5.74, 6) is 0.688. The summed E-state index contributed by atoms with van der Waals surface area (Å²) in [7, 11) is 0. The second-order valence-electron chi connectivity index (χ2n) is 3.48. The third kappa shape index (κ3) is 5.36. The molecule has 1 unspecified atom stereocenters. The van der Waals surface area contributed by atoms with E-state index in [2.05, 4.69) is 20.4 Å². The Hall–Kier alpha value is -0.300. The van der Waals surface area contributed by atoms with Crippen molar-refractivity contribution in [3.05, 3.63) is 12.7 Å². The van der Waals surface area contributed by atoms with E-state index in [1.54, 1.807) is 6.08 Å². The Labute approximate surface area is 76.5 Å². The monoisotopic (exact) mass is 170 g/mol. The maximum atomic E-state index is 9.36. The van der Waals surface area contributed by atoms with Crippen molar-refractivity contribution in [1.29, 1.82) is 0 Å². The first-order valence-electron chi connectivity index (χ1n) is 5.05. The third-order valence-electron chi connectivity index (χ3n) is 2.24. The van der Waals surface area contributed by atoms with Crippen molar-refractivity contribution >= 4 is 0 Å². The second kappa shape index (κ2) is 7.35. The van der Waals surface area contributed by atoms with Gasteiger partial charge >= 0.3 is 0 Å². The zero-order valence-electron chi connectivity index (χ0n) is 8.42. The average Bonchev–Trinajstić information content (AvgIpc) is 2.05. The summed E-state index contributed by atoms with van der Waals surface area (Å²) in [4.78, 5) is 0. The van der Waals surface area contributed by atoms with Crippen molar-refractivity contribution in [2.24, 2.45) is 5.92 Å². The topological polar surface area (TPSA) is 20.2 Å². The molecule has 0 aliphatic carbocycles. The molecule has 0 heterocycles. The van der Waals surface area contributed by atoms with E-state index in [-0.39, 0.29) is 6.10 Å². The van der Waals surface area contributed by atoms with Gasteiger partial charge in [0, 0.05) is 0 Å². The molecule has 0 aromatic heterocycles. The third-order valence-corrected chi connectivity index (χ3v) is 2.24. The molecule has 1 atom stereocenters. The van der Waals surface area contributed by atoms with Gasteiger partial charge < -0.3 is 5.11 Å². The van der Waals surface area contributed by atoms with Gasteiger partial charge in [-0.15, -0.1) is 6.58 Å². The van der Waals surface area contributed by atoms with Gasteiger partial charge in [0.1, 0.15) is 0 Å². The van der Waals surface area contributed by atoms with Gasteiger partial charge in [-0.3, -0.25) is 0 Å². The van der Waals surface area contributed by atoms with Crippen molar-refractivity contribution in [2.75, 3.05) is 0 Å². The van der Waals surface area contributed by atoms with Crippen molar-refractivity contribution in [2.45, 2.75) is 52.1 Å². The van der Waals surface area contributed by atoms with Gasteiger partial charge in [0.25, 0.3) is 0 Å². The van der Waals surface area contributed by atoms with E-state index in [1.807, 2.05) is 0 Å². The fourth-order valence-electron chi connectivity index (χ4n) is 1.63. The first-order valence-corrected chi connectivity index (χ1v) is 5.05. The van der Waals surface area contributed by atoms with Crippen LogP contribution < -0.4 is 0 Å². The lowest BCUT2D eigenvalue weighted by Crippen LogP contribution is -2.10. The summed E-state index contributed by atoms with van der Waals surface area (Å²) in [5.41, 5.74) is 0. The molecule has 1 nitrogen and oxygen atoms in total. The van der Waals surface area contributed by atoms with Gasteiger partial charge in [-0.1, -0.05) is 45.6 Å². The smallest absolute Gasteiger partial charge is 0.0720 e. The van der Waals surface area contributed by atoms with Gasteiger partial charge in [-0.2, -0.15) is 0 Å². The minimum atomic E-state index is -0.298. The van der Waals surface area contributed by atoms with Crippen LogP contribution in [-0.4, -0.2) is 11.2 Å². The van der Waals surface area contributed by atoms with Crippen LogP contribution in [0.5, 0.6) is 0 Å². The zero-order valence-corrected chi connectivity index (χ0v) is 8.42. The molecule has 72 valence electrons. The van der Waals surface area contributed by atoms with Crippen LogP contribution in [0.15, 0.2) is 12.7 Å². The molecule has 0 radical (unpaired) electrons. The quantitative estimate of drug-likeness (QED) is 0.582. The average molecular weight is 170 g/mol. The minimum absolute atomic E-state index is 0.298. The van der Waals surface area contributed by atoms with Gasteiger partial charge in [0.2, 0.25) is 0 Å². The highest BCUT2D eigenvalue weighted by Crippen LogP contribution is 2.19. The molecule has 0 aliphatic heterocycles. The van der Waals surface area contributed by atoms with E-state index in [1.165, 1.54) is 25.7 Å². The van der Waals surface area contributed by atoms with E-state index >= 15 is 0 Å². The first kappa shape index (κ1) is 11.7. The van der Waals surface area contributed by atoms with Crippen molar-refractivity contribution in [1.82, 2.24) is 0 Å². The molecule has 0 bridgehead atoms. The molecule has 0 aromatic carbocycles. The van der Waals surface area contributed by atoms with Gasteiger partial charge in [-0.05, 0) is 12.3 Å². The predicted octanol–water partition coefficient (Wildman–Crippen LogP) is 3.14. The van der Waals surface area contributed by atoms with Crippen molar-refractivity contribution < 1.29 is 5.11 Å². The lowest BCUT2D eigenvalue weighted by atomic mass is 9.92. The summed E-state index contributed by atoms with van der Waals surface area (Å²) >= 11 is 0. The van der Waals surface area contributed by atoms with Crippen LogP contribution in [0.3, 0.4) is 0 Å². The van der Waals surface area contributed by atoms with Crippen LogP contribution in [0.1, 0.15) is 46.0 Å². The van der Waals surface area contributed by atoms with Crippen LogP contribution in [0.25, 0.3) is 0 Å². The van der Waals surface area contributed by atoms with E-state index in [4.69, 9.17) is 0 Å². The summed E-state index contributed by atoms with van der Waals surface area (Å²) < 4.78 is 0. The largest absolute Gasteiger partial charge is 0.389 e. The first-order chi connectivity index (χ1) is 5.74. The predicted molar refractivity (Wildman–Crippen MR) is 54.1 cm³/mol.